The van der Waals surface area contributed by atoms with Gasteiger partial charge in [0.1, 0.15) is 12.4 Å². The van der Waals surface area contributed by atoms with Crippen molar-refractivity contribution in [2.75, 3.05) is 31.2 Å². The van der Waals surface area contributed by atoms with Gasteiger partial charge >= 0.3 is 5.97 Å². The number of anilines is 1. The number of aryl methyl sites for hydroxylation is 1. The minimum Gasteiger partial charge on any atom is -0.490 e. The lowest BCUT2D eigenvalue weighted by Gasteiger charge is -2.46. The molecular weight excluding hydrogens is 612 g/mol. The van der Waals surface area contributed by atoms with Crippen molar-refractivity contribution in [2.45, 2.75) is 69.1 Å². The first-order valence-electron chi connectivity index (χ1n) is 15.9. The van der Waals surface area contributed by atoms with Gasteiger partial charge in [0.05, 0.1) is 28.1 Å². The number of ether oxygens (including phenoxy) is 2. The first-order chi connectivity index (χ1) is 21.5. The van der Waals surface area contributed by atoms with E-state index < -0.39 is 26.8 Å². The van der Waals surface area contributed by atoms with E-state index in [-0.39, 0.29) is 35.9 Å². The first kappa shape index (κ1) is 32.0. The van der Waals surface area contributed by atoms with Crippen molar-refractivity contribution < 1.29 is 28.4 Å². The number of nitrogens with one attached hydrogen (secondary N) is 1. The Balaban J connectivity index is 1.42. The summed E-state index contributed by atoms with van der Waals surface area (Å²) in [5.41, 5.74) is 3.47. The molecule has 1 amide bonds. The molecule has 45 heavy (non-hydrogen) atoms. The number of amides is 1. The van der Waals surface area contributed by atoms with Crippen LogP contribution in [0.15, 0.2) is 48.6 Å². The molecule has 8 nitrogen and oxygen atoms in total. The molecule has 2 aromatic carbocycles. The Kier molecular flexibility index (Phi) is 8.98. The van der Waals surface area contributed by atoms with Crippen LogP contribution in [0.25, 0.3) is 0 Å². The summed E-state index contributed by atoms with van der Waals surface area (Å²) < 4.78 is 29.0. The zero-order chi connectivity index (χ0) is 31.9. The van der Waals surface area contributed by atoms with E-state index >= 15 is 0 Å². The number of benzene rings is 2. The molecule has 2 aliphatic heterocycles. The molecule has 7 atom stereocenters. The number of nitrogens with zero attached hydrogens (tertiary/aromatic N) is 1. The molecule has 2 heterocycles. The minimum absolute atomic E-state index is 0.0443. The molecule has 1 unspecified atom stereocenters. The van der Waals surface area contributed by atoms with E-state index in [1.807, 2.05) is 44.2 Å². The van der Waals surface area contributed by atoms with Crippen LogP contribution in [0.5, 0.6) is 5.75 Å². The van der Waals surface area contributed by atoms with Crippen molar-refractivity contribution in [3.63, 3.8) is 0 Å². The second kappa shape index (κ2) is 12.6. The third-order valence-corrected chi connectivity index (χ3v) is 13.0. The van der Waals surface area contributed by atoms with E-state index in [0.717, 1.165) is 42.8 Å². The van der Waals surface area contributed by atoms with Crippen molar-refractivity contribution in [1.29, 1.82) is 0 Å². The number of rotatable bonds is 3. The van der Waals surface area contributed by atoms with Crippen LogP contribution < -0.4 is 14.4 Å². The van der Waals surface area contributed by atoms with Crippen LogP contribution in [0.1, 0.15) is 67.4 Å². The van der Waals surface area contributed by atoms with E-state index in [2.05, 4.69) is 27.6 Å². The fourth-order valence-electron chi connectivity index (χ4n) is 7.58. The second-order valence-corrected chi connectivity index (χ2v) is 16.3. The summed E-state index contributed by atoms with van der Waals surface area (Å²) in [6.07, 6.45) is 9.12. The molecule has 2 aromatic rings. The number of hydrogen-bond acceptors (Lipinski definition) is 6. The fraction of sp³-hybridized carbons (Fsp3) is 0.514. The molecule has 2 bridgehead atoms. The Labute approximate surface area is 271 Å². The number of fused-ring (bicyclic) bond motifs is 4. The van der Waals surface area contributed by atoms with Gasteiger partial charge in [-0.25, -0.2) is 9.00 Å². The Hall–Kier alpha value is -3.01. The van der Waals surface area contributed by atoms with Gasteiger partial charge in [-0.05, 0) is 111 Å². The molecule has 4 aliphatic rings. The number of allylic oxidation sites excluding steroid dienone is 1. The highest BCUT2D eigenvalue weighted by molar-refractivity contribution is 7.99. The van der Waals surface area contributed by atoms with E-state index in [9.17, 15) is 18.9 Å². The highest BCUT2D eigenvalue weighted by atomic mass is 35.5. The molecule has 10 heteroatoms. The number of halogens is 1. The number of carboxylic acid groups (broad SMARTS) is 1. The summed E-state index contributed by atoms with van der Waals surface area (Å²) in [5, 5.41) is 9.75. The fourth-order valence-corrected chi connectivity index (χ4v) is 9.26. The van der Waals surface area contributed by atoms with Gasteiger partial charge in [0.2, 0.25) is 0 Å². The third-order valence-electron chi connectivity index (χ3n) is 10.6. The van der Waals surface area contributed by atoms with Crippen LogP contribution in [0.3, 0.4) is 0 Å². The minimum atomic E-state index is -2.98. The van der Waals surface area contributed by atoms with Crippen LogP contribution in [-0.2, 0) is 31.1 Å². The Morgan fingerprint density at radius 2 is 2.07 bits per heavy atom. The van der Waals surface area contributed by atoms with Crippen molar-refractivity contribution in [3.05, 3.63) is 70.3 Å². The van der Waals surface area contributed by atoms with Gasteiger partial charge < -0.3 is 19.5 Å². The van der Waals surface area contributed by atoms with Crippen molar-refractivity contribution in [3.8, 4) is 5.75 Å². The smallest absolute Gasteiger partial charge is 0.329 e. The average Bonchev–Trinajstić information content (AvgIpc) is 3.13. The number of hydrogen-bond donors (Lipinski definition) is 2. The lowest BCUT2D eigenvalue weighted by Crippen LogP contribution is -2.49. The van der Waals surface area contributed by atoms with Crippen LogP contribution in [0, 0.1) is 17.8 Å². The van der Waals surface area contributed by atoms with Gasteiger partial charge in [-0.15, -0.1) is 0 Å². The van der Waals surface area contributed by atoms with Crippen LogP contribution in [0.4, 0.5) is 5.69 Å². The van der Waals surface area contributed by atoms with Gasteiger partial charge in [-0.1, -0.05) is 36.7 Å². The van der Waals surface area contributed by atoms with Gasteiger partial charge in [0.15, 0.2) is 0 Å². The summed E-state index contributed by atoms with van der Waals surface area (Å²) in [4.78, 5) is 27.4. The van der Waals surface area contributed by atoms with Crippen LogP contribution in [0.2, 0.25) is 5.02 Å². The molecule has 242 valence electrons. The molecule has 2 N–H and O–H groups in total. The molecular formula is C35H43ClN2O6S. The summed E-state index contributed by atoms with van der Waals surface area (Å²) in [7, 11) is -2.98. The molecule has 1 fully saturated rings. The monoisotopic (exact) mass is 654 g/mol. The number of carboxylic acids is 1. The maximum Gasteiger partial charge on any atom is 0.329 e. The third kappa shape index (κ3) is 6.49. The van der Waals surface area contributed by atoms with Crippen molar-refractivity contribution in [1.82, 2.24) is 4.72 Å². The standard InChI is InChI=1S/C35H43ClN2O6S/c1-22-6-4-8-31(43-19-33(39)40)28-12-9-26(28)18-38-20-35(15-5-7-24-16-27(36)11-13-29(24)35)21-44-32-14-10-25(17-30(32)38)34(41)37-45(3,42)23(22)2/h4,8,10-11,13-14,16-17,22-23,26,28,31H,3,5-7,9,12,15,18-21H2,1-2H3,(H,39,40)(H,37,41,42)/b8-4+/t22-,23-,26-,28+,31-,35-,45?/m0/s1. The van der Waals surface area contributed by atoms with E-state index in [4.69, 9.17) is 21.1 Å². The Morgan fingerprint density at radius 3 is 2.82 bits per heavy atom. The molecule has 1 saturated carbocycles. The molecule has 0 aromatic heterocycles. The Morgan fingerprint density at radius 1 is 1.24 bits per heavy atom. The molecule has 1 spiro atoms. The highest BCUT2D eigenvalue weighted by Gasteiger charge is 2.44. The molecule has 0 saturated heterocycles. The predicted octanol–water partition coefficient (Wildman–Crippen LogP) is 5.65. The average molecular weight is 655 g/mol. The number of carbonyl (C=O) groups is 2. The van der Waals surface area contributed by atoms with E-state index in [1.165, 1.54) is 11.1 Å². The molecule has 0 radical (unpaired) electrons. The van der Waals surface area contributed by atoms with E-state index in [0.29, 0.717) is 37.4 Å². The maximum atomic E-state index is 13.7. The zero-order valence-electron chi connectivity index (χ0n) is 26.0. The zero-order valence-corrected chi connectivity index (χ0v) is 27.6. The largest absolute Gasteiger partial charge is 0.490 e. The second-order valence-electron chi connectivity index (χ2n) is 13.5. The highest BCUT2D eigenvalue weighted by Crippen LogP contribution is 2.47. The molecule has 2 aliphatic carbocycles. The number of carbonyl (C=O) groups excluding carboxylic acids is 1. The normalized spacial score (nSPS) is 33.9. The van der Waals surface area contributed by atoms with Crippen molar-refractivity contribution >= 4 is 44.7 Å². The van der Waals surface area contributed by atoms with E-state index in [1.54, 1.807) is 6.07 Å². The summed E-state index contributed by atoms with van der Waals surface area (Å²) in [5.74, 6) is 3.59. The van der Waals surface area contributed by atoms with Gasteiger partial charge in [-0.2, -0.15) is 0 Å². The quantitative estimate of drug-likeness (QED) is 0.325. The van der Waals surface area contributed by atoms with Crippen LogP contribution >= 0.6 is 11.6 Å². The molecule has 6 rings (SSSR count). The van der Waals surface area contributed by atoms with Gasteiger partial charge in [0.25, 0.3) is 5.91 Å². The van der Waals surface area contributed by atoms with Crippen molar-refractivity contribution in [2.24, 2.45) is 17.8 Å². The Bertz CT molecular complexity index is 1610. The summed E-state index contributed by atoms with van der Waals surface area (Å²) in [6.45, 7) is 5.37. The lowest BCUT2D eigenvalue weighted by atomic mass is 9.68. The first-order valence-corrected chi connectivity index (χ1v) is 18.1. The summed E-state index contributed by atoms with van der Waals surface area (Å²) in [6, 6.07) is 11.6. The SMILES string of the molecule is C=S1(=O)NC(=O)c2ccc3c(c2)N(C[C@@H]2CC[C@H]2[C@@H](OCC(=O)O)/C=C/C[C@H](C)[C@@H]1C)C[C@@]1(CCCc2cc(Cl)ccc21)CO3. The maximum absolute atomic E-state index is 13.7. The van der Waals surface area contributed by atoms with Gasteiger partial charge in [-0.3, -0.25) is 9.52 Å². The topological polar surface area (TPSA) is 105 Å². The number of aliphatic carboxylic acids is 1. The summed E-state index contributed by atoms with van der Waals surface area (Å²) >= 11 is 6.42. The van der Waals surface area contributed by atoms with Gasteiger partial charge in [0, 0.05) is 34.3 Å². The van der Waals surface area contributed by atoms with Crippen LogP contribution in [-0.4, -0.2) is 64.7 Å². The predicted molar refractivity (Wildman–Crippen MR) is 179 cm³/mol. The lowest BCUT2D eigenvalue weighted by molar-refractivity contribution is -0.145.